The number of thioether (sulfide) groups is 1. The number of amides is 1. The van der Waals surface area contributed by atoms with E-state index in [2.05, 4.69) is 10.2 Å². The van der Waals surface area contributed by atoms with E-state index in [0.717, 1.165) is 39.5 Å². The molecule has 1 aliphatic heterocycles. The fourth-order valence-electron chi connectivity index (χ4n) is 3.94. The Kier molecular flexibility index (Phi) is 6.86. The molecule has 1 N–H and O–H groups in total. The monoisotopic (exact) mass is 535 g/mol. The van der Waals surface area contributed by atoms with E-state index in [1.165, 1.54) is 48.2 Å². The molecule has 1 aliphatic rings. The molecule has 0 saturated carbocycles. The van der Waals surface area contributed by atoms with Crippen LogP contribution in [-0.4, -0.2) is 27.0 Å². The largest absolute Gasteiger partial charge is 0.507 e. The van der Waals surface area contributed by atoms with E-state index in [1.54, 1.807) is 0 Å². The zero-order chi connectivity index (χ0) is 26.1. The lowest BCUT2D eigenvalue weighted by Gasteiger charge is -2.22. The number of aryl methyl sites for hydroxylation is 1. The summed E-state index contributed by atoms with van der Waals surface area (Å²) in [6, 6.07) is 17.2. The zero-order valence-electron chi connectivity index (χ0n) is 19.4. The maximum Gasteiger partial charge on any atom is 0.301 e. The van der Waals surface area contributed by atoms with Crippen LogP contribution in [0.2, 0.25) is 0 Å². The van der Waals surface area contributed by atoms with Crippen LogP contribution in [0, 0.1) is 18.6 Å². The summed E-state index contributed by atoms with van der Waals surface area (Å²) >= 11 is 2.58. The summed E-state index contributed by atoms with van der Waals surface area (Å²) in [5, 5.41) is 19.5. The normalized spacial score (nSPS) is 16.9. The molecule has 1 unspecified atom stereocenters. The van der Waals surface area contributed by atoms with Crippen molar-refractivity contribution < 1.29 is 23.5 Å². The van der Waals surface area contributed by atoms with Gasteiger partial charge >= 0.3 is 5.91 Å². The standard InChI is InChI=1S/C27H19F2N3O3S2/c1-15-2-4-16(5-3-15)14-36-27-31-30-26(37-27)32-22(17-6-10-19(28)11-7-17)21(24(34)25(32)35)23(33)18-8-12-20(29)13-9-18/h2-13,22,33H,14H2,1H3/b23-21-. The predicted octanol–water partition coefficient (Wildman–Crippen LogP) is 6.04. The van der Waals surface area contributed by atoms with Gasteiger partial charge < -0.3 is 5.11 Å². The van der Waals surface area contributed by atoms with Crippen LogP contribution in [0.1, 0.15) is 28.3 Å². The van der Waals surface area contributed by atoms with Gasteiger partial charge in [-0.1, -0.05) is 65.1 Å². The summed E-state index contributed by atoms with van der Waals surface area (Å²) in [7, 11) is 0. The molecule has 1 aromatic heterocycles. The molecule has 0 aliphatic carbocycles. The van der Waals surface area contributed by atoms with Crippen molar-refractivity contribution in [3.63, 3.8) is 0 Å². The van der Waals surface area contributed by atoms with Crippen molar-refractivity contribution in [3.8, 4) is 0 Å². The Hall–Kier alpha value is -3.89. The lowest BCUT2D eigenvalue weighted by molar-refractivity contribution is -0.132. The van der Waals surface area contributed by atoms with Crippen molar-refractivity contribution in [2.45, 2.75) is 23.1 Å². The molecular weight excluding hydrogens is 516 g/mol. The number of Topliss-reactive ketones (excluding diaryl/α,β-unsaturated/α-hetero) is 1. The van der Waals surface area contributed by atoms with E-state index in [0.29, 0.717) is 15.7 Å². The third kappa shape index (κ3) is 5.03. The van der Waals surface area contributed by atoms with Crippen LogP contribution in [0.25, 0.3) is 5.76 Å². The lowest BCUT2D eigenvalue weighted by Crippen LogP contribution is -2.29. The van der Waals surface area contributed by atoms with Crippen LogP contribution in [-0.2, 0) is 15.3 Å². The van der Waals surface area contributed by atoms with Crippen molar-refractivity contribution >= 4 is 45.7 Å². The van der Waals surface area contributed by atoms with Crippen LogP contribution in [0.4, 0.5) is 13.9 Å². The first-order valence-electron chi connectivity index (χ1n) is 11.2. The minimum atomic E-state index is -1.08. The van der Waals surface area contributed by atoms with Crippen LogP contribution in [0.3, 0.4) is 0 Å². The molecule has 1 amide bonds. The summed E-state index contributed by atoms with van der Waals surface area (Å²) in [6.07, 6.45) is 0. The van der Waals surface area contributed by atoms with Gasteiger partial charge in [0.05, 0.1) is 11.6 Å². The molecule has 5 rings (SSSR count). The quantitative estimate of drug-likeness (QED) is 0.107. The van der Waals surface area contributed by atoms with Gasteiger partial charge in [-0.2, -0.15) is 0 Å². The molecule has 10 heteroatoms. The van der Waals surface area contributed by atoms with Gasteiger partial charge in [-0.3, -0.25) is 14.5 Å². The number of hydrogen-bond donors (Lipinski definition) is 1. The Morgan fingerprint density at radius 1 is 0.946 bits per heavy atom. The van der Waals surface area contributed by atoms with Gasteiger partial charge in [0.1, 0.15) is 17.4 Å². The number of aliphatic hydroxyl groups excluding tert-OH is 1. The number of carbonyl (C=O) groups excluding carboxylic acids is 2. The first kappa shape index (κ1) is 24.8. The molecule has 2 heterocycles. The molecular formula is C27H19F2N3O3S2. The van der Waals surface area contributed by atoms with Crippen molar-refractivity contribution in [2.75, 3.05) is 4.90 Å². The Morgan fingerprint density at radius 3 is 2.22 bits per heavy atom. The van der Waals surface area contributed by atoms with Gasteiger partial charge in [0.25, 0.3) is 5.78 Å². The van der Waals surface area contributed by atoms with Crippen LogP contribution in [0.5, 0.6) is 0 Å². The molecule has 37 heavy (non-hydrogen) atoms. The van der Waals surface area contributed by atoms with Gasteiger partial charge in [0.2, 0.25) is 5.13 Å². The van der Waals surface area contributed by atoms with E-state index >= 15 is 0 Å². The SMILES string of the molecule is Cc1ccc(CSc2nnc(N3C(=O)C(=O)/C(=C(\O)c4ccc(F)cc4)C3c3ccc(F)cc3)s2)cc1. The number of anilines is 1. The Morgan fingerprint density at radius 2 is 1.57 bits per heavy atom. The molecule has 3 aromatic carbocycles. The number of ketones is 1. The minimum Gasteiger partial charge on any atom is -0.507 e. The number of hydrogen-bond acceptors (Lipinski definition) is 7. The first-order valence-corrected chi connectivity index (χ1v) is 13.0. The highest BCUT2D eigenvalue weighted by Gasteiger charge is 2.48. The van der Waals surface area contributed by atoms with Gasteiger partial charge in [-0.05, 0) is 54.4 Å². The summed E-state index contributed by atoms with van der Waals surface area (Å²) in [4.78, 5) is 27.5. The highest BCUT2D eigenvalue weighted by molar-refractivity contribution is 8.00. The molecule has 4 aromatic rings. The van der Waals surface area contributed by atoms with Gasteiger partial charge in [-0.15, -0.1) is 10.2 Å². The molecule has 1 fully saturated rings. The second-order valence-corrected chi connectivity index (χ2v) is 10.5. The number of carbonyl (C=O) groups is 2. The maximum atomic E-state index is 13.7. The van der Waals surface area contributed by atoms with Crippen LogP contribution >= 0.6 is 23.1 Å². The second-order valence-electron chi connectivity index (χ2n) is 8.35. The third-order valence-electron chi connectivity index (χ3n) is 5.83. The van der Waals surface area contributed by atoms with Gasteiger partial charge in [0, 0.05) is 11.3 Å². The number of halogens is 2. The lowest BCUT2D eigenvalue weighted by atomic mass is 9.95. The predicted molar refractivity (Wildman–Crippen MR) is 138 cm³/mol. The Bertz CT molecular complexity index is 1500. The molecule has 0 spiro atoms. The number of nitrogens with zero attached hydrogens (tertiary/aromatic N) is 3. The minimum absolute atomic E-state index is 0.165. The topological polar surface area (TPSA) is 83.4 Å². The number of aromatic nitrogens is 2. The van der Waals surface area contributed by atoms with Crippen molar-refractivity contribution in [1.82, 2.24) is 10.2 Å². The fourth-order valence-corrected chi connectivity index (χ4v) is 5.76. The summed E-state index contributed by atoms with van der Waals surface area (Å²) in [5.74, 6) is -2.67. The highest BCUT2D eigenvalue weighted by Crippen LogP contribution is 2.44. The van der Waals surface area contributed by atoms with Gasteiger partial charge in [0.15, 0.2) is 4.34 Å². The fraction of sp³-hybridized carbons (Fsp3) is 0.111. The van der Waals surface area contributed by atoms with Crippen molar-refractivity contribution in [1.29, 1.82) is 0 Å². The Labute approximate surface area is 219 Å². The summed E-state index contributed by atoms with van der Waals surface area (Å²) in [5.41, 5.74) is 2.61. The molecule has 186 valence electrons. The van der Waals surface area contributed by atoms with E-state index < -0.39 is 35.1 Å². The second kappa shape index (κ2) is 10.2. The van der Waals surface area contributed by atoms with Crippen LogP contribution < -0.4 is 4.90 Å². The molecule has 6 nitrogen and oxygen atoms in total. The molecule has 0 radical (unpaired) electrons. The summed E-state index contributed by atoms with van der Waals surface area (Å²) < 4.78 is 27.7. The number of rotatable bonds is 6. The first-order chi connectivity index (χ1) is 17.8. The van der Waals surface area contributed by atoms with Gasteiger partial charge in [-0.25, -0.2) is 8.78 Å². The van der Waals surface area contributed by atoms with E-state index in [1.807, 2.05) is 31.2 Å². The van der Waals surface area contributed by atoms with E-state index in [9.17, 15) is 23.5 Å². The number of benzene rings is 3. The third-order valence-corrected chi connectivity index (χ3v) is 7.96. The maximum absolute atomic E-state index is 13.7. The zero-order valence-corrected chi connectivity index (χ0v) is 21.0. The van der Waals surface area contributed by atoms with Crippen molar-refractivity contribution in [3.05, 3.63) is 112 Å². The van der Waals surface area contributed by atoms with Crippen LogP contribution in [0.15, 0.2) is 82.7 Å². The average molecular weight is 536 g/mol. The summed E-state index contributed by atoms with van der Waals surface area (Å²) in [6.45, 7) is 2.01. The molecule has 0 bridgehead atoms. The Balaban J connectivity index is 1.53. The smallest absolute Gasteiger partial charge is 0.301 e. The number of aliphatic hydroxyl groups is 1. The van der Waals surface area contributed by atoms with E-state index in [4.69, 9.17) is 0 Å². The molecule has 1 atom stereocenters. The van der Waals surface area contributed by atoms with E-state index in [-0.39, 0.29) is 16.3 Å². The highest BCUT2D eigenvalue weighted by atomic mass is 32.2. The average Bonchev–Trinajstić information content (AvgIpc) is 3.46. The molecule has 1 saturated heterocycles. The van der Waals surface area contributed by atoms with Crippen molar-refractivity contribution in [2.24, 2.45) is 0 Å².